The molecule has 0 spiro atoms. The maximum absolute atomic E-state index is 11.6. The van der Waals surface area contributed by atoms with Gasteiger partial charge in [-0.25, -0.2) is 0 Å². The third-order valence-corrected chi connectivity index (χ3v) is 6.98. The molecule has 0 aliphatic rings. The van der Waals surface area contributed by atoms with Crippen molar-refractivity contribution < 1.29 is 28.5 Å². The molecule has 0 heterocycles. The summed E-state index contributed by atoms with van der Waals surface area (Å²) in [6.07, 6.45) is 26.9. The predicted molar refractivity (Wildman–Crippen MR) is 163 cm³/mol. The number of carbonyl (C=O) groups excluding carboxylic acids is 1. The van der Waals surface area contributed by atoms with Gasteiger partial charge in [0.25, 0.3) is 0 Å². The standard InChI is InChI=1S/C33H66O6/c1-3-5-7-9-11-12-13-14-15-16-17-18-20-22-24-35-25-26-36-27-28-37-29-30-38-31-32-39-33(34)23-21-19-10-8-6-4-2/h3-32H2,1-2H3. The van der Waals surface area contributed by atoms with E-state index in [1.165, 1.54) is 109 Å². The van der Waals surface area contributed by atoms with Gasteiger partial charge in [0, 0.05) is 13.0 Å². The van der Waals surface area contributed by atoms with Gasteiger partial charge in [0.05, 0.1) is 46.2 Å². The molecule has 0 amide bonds. The molecular weight excluding hydrogens is 492 g/mol. The fourth-order valence-corrected chi connectivity index (χ4v) is 4.50. The Hall–Kier alpha value is -0.690. The Kier molecular flexibility index (Phi) is 34.7. The van der Waals surface area contributed by atoms with Crippen molar-refractivity contribution in [3.63, 3.8) is 0 Å². The van der Waals surface area contributed by atoms with Crippen molar-refractivity contribution in [2.24, 2.45) is 0 Å². The minimum atomic E-state index is -0.119. The van der Waals surface area contributed by atoms with Gasteiger partial charge in [0.2, 0.25) is 0 Å². The fraction of sp³-hybridized carbons (Fsp3) is 0.970. The Morgan fingerprint density at radius 1 is 0.359 bits per heavy atom. The van der Waals surface area contributed by atoms with Gasteiger partial charge < -0.3 is 23.7 Å². The van der Waals surface area contributed by atoms with Gasteiger partial charge in [-0.2, -0.15) is 0 Å². The molecule has 0 N–H and O–H groups in total. The van der Waals surface area contributed by atoms with E-state index in [-0.39, 0.29) is 5.97 Å². The van der Waals surface area contributed by atoms with Crippen LogP contribution in [0.2, 0.25) is 0 Å². The topological polar surface area (TPSA) is 63.2 Å². The fourth-order valence-electron chi connectivity index (χ4n) is 4.50. The highest BCUT2D eigenvalue weighted by molar-refractivity contribution is 5.69. The predicted octanol–water partition coefficient (Wildman–Crippen LogP) is 8.83. The molecular formula is C33H66O6. The van der Waals surface area contributed by atoms with Gasteiger partial charge in [-0.15, -0.1) is 0 Å². The molecule has 39 heavy (non-hydrogen) atoms. The lowest BCUT2D eigenvalue weighted by atomic mass is 10.0. The van der Waals surface area contributed by atoms with Crippen molar-refractivity contribution in [3.05, 3.63) is 0 Å². The number of esters is 1. The Labute approximate surface area is 242 Å². The third-order valence-electron chi connectivity index (χ3n) is 6.98. The number of hydrogen-bond acceptors (Lipinski definition) is 6. The summed E-state index contributed by atoms with van der Waals surface area (Å²) < 4.78 is 27.3. The summed E-state index contributed by atoms with van der Waals surface area (Å²) in [5.74, 6) is -0.119. The Morgan fingerprint density at radius 2 is 0.667 bits per heavy atom. The van der Waals surface area contributed by atoms with E-state index < -0.39 is 0 Å². The molecule has 0 radical (unpaired) electrons. The first kappa shape index (κ1) is 38.3. The van der Waals surface area contributed by atoms with Crippen LogP contribution >= 0.6 is 0 Å². The van der Waals surface area contributed by atoms with Gasteiger partial charge >= 0.3 is 5.97 Å². The average Bonchev–Trinajstić information content (AvgIpc) is 2.94. The van der Waals surface area contributed by atoms with E-state index in [2.05, 4.69) is 13.8 Å². The molecule has 0 aromatic heterocycles. The van der Waals surface area contributed by atoms with E-state index in [1.807, 2.05) is 0 Å². The first-order valence-electron chi connectivity index (χ1n) is 16.8. The SMILES string of the molecule is CCCCCCCCCCCCCCCCOCCOCCOCCOCCOC(=O)CCCCCCCC. The molecule has 0 atom stereocenters. The quantitative estimate of drug-likeness (QED) is 0.0581. The van der Waals surface area contributed by atoms with Crippen LogP contribution in [-0.4, -0.2) is 65.4 Å². The van der Waals surface area contributed by atoms with Crippen LogP contribution in [0.4, 0.5) is 0 Å². The lowest BCUT2D eigenvalue weighted by molar-refractivity contribution is -0.145. The highest BCUT2D eigenvalue weighted by atomic mass is 16.6. The Balaban J connectivity index is 3.09. The second-order valence-corrected chi connectivity index (χ2v) is 10.8. The molecule has 0 bridgehead atoms. The van der Waals surface area contributed by atoms with Crippen molar-refractivity contribution in [3.8, 4) is 0 Å². The second kappa shape index (κ2) is 35.3. The van der Waals surface area contributed by atoms with Crippen molar-refractivity contribution in [1.82, 2.24) is 0 Å². The molecule has 0 aliphatic carbocycles. The second-order valence-electron chi connectivity index (χ2n) is 10.8. The number of ether oxygens (including phenoxy) is 5. The van der Waals surface area contributed by atoms with Gasteiger partial charge in [-0.1, -0.05) is 129 Å². The zero-order valence-corrected chi connectivity index (χ0v) is 26.2. The monoisotopic (exact) mass is 558 g/mol. The smallest absolute Gasteiger partial charge is 0.305 e. The van der Waals surface area contributed by atoms with E-state index in [0.29, 0.717) is 59.3 Å². The molecule has 0 aliphatic heterocycles. The zero-order chi connectivity index (χ0) is 28.3. The van der Waals surface area contributed by atoms with Crippen LogP contribution < -0.4 is 0 Å². The summed E-state index contributed by atoms with van der Waals surface area (Å²) in [7, 11) is 0. The molecule has 6 heteroatoms. The molecule has 6 nitrogen and oxygen atoms in total. The summed E-state index contributed by atoms with van der Waals surface area (Å²) in [6.45, 7) is 9.46. The third kappa shape index (κ3) is 35.3. The summed E-state index contributed by atoms with van der Waals surface area (Å²) in [4.78, 5) is 11.6. The molecule has 0 rings (SSSR count). The highest BCUT2D eigenvalue weighted by Gasteiger charge is 2.02. The van der Waals surface area contributed by atoms with Crippen LogP contribution in [0, 0.1) is 0 Å². The lowest BCUT2D eigenvalue weighted by Crippen LogP contribution is -2.14. The summed E-state index contributed by atoms with van der Waals surface area (Å²) in [6, 6.07) is 0. The minimum absolute atomic E-state index is 0.119. The van der Waals surface area contributed by atoms with E-state index in [9.17, 15) is 4.79 Å². The average molecular weight is 559 g/mol. The van der Waals surface area contributed by atoms with Crippen molar-refractivity contribution in [1.29, 1.82) is 0 Å². The van der Waals surface area contributed by atoms with Gasteiger partial charge in [0.1, 0.15) is 6.61 Å². The van der Waals surface area contributed by atoms with Crippen LogP contribution in [-0.2, 0) is 28.5 Å². The highest BCUT2D eigenvalue weighted by Crippen LogP contribution is 2.13. The maximum atomic E-state index is 11.6. The summed E-state index contributed by atoms with van der Waals surface area (Å²) >= 11 is 0. The van der Waals surface area contributed by atoms with Crippen LogP contribution in [0.5, 0.6) is 0 Å². The zero-order valence-electron chi connectivity index (χ0n) is 26.2. The van der Waals surface area contributed by atoms with Gasteiger partial charge in [-0.05, 0) is 12.8 Å². The molecule has 0 fully saturated rings. The first-order valence-corrected chi connectivity index (χ1v) is 16.8. The van der Waals surface area contributed by atoms with Gasteiger partial charge in [-0.3, -0.25) is 4.79 Å². The largest absolute Gasteiger partial charge is 0.463 e. The van der Waals surface area contributed by atoms with Gasteiger partial charge in [0.15, 0.2) is 0 Å². The molecule has 0 unspecified atom stereocenters. The number of hydrogen-bond donors (Lipinski definition) is 0. The molecule has 234 valence electrons. The van der Waals surface area contributed by atoms with E-state index in [1.54, 1.807) is 0 Å². The van der Waals surface area contributed by atoms with Crippen molar-refractivity contribution in [2.75, 3.05) is 59.5 Å². The summed E-state index contributed by atoms with van der Waals surface area (Å²) in [5, 5.41) is 0. The van der Waals surface area contributed by atoms with Crippen LogP contribution in [0.15, 0.2) is 0 Å². The summed E-state index contributed by atoms with van der Waals surface area (Å²) in [5.41, 5.74) is 0. The van der Waals surface area contributed by atoms with E-state index in [4.69, 9.17) is 23.7 Å². The van der Waals surface area contributed by atoms with Crippen molar-refractivity contribution in [2.45, 2.75) is 149 Å². The van der Waals surface area contributed by atoms with E-state index in [0.717, 1.165) is 25.9 Å². The molecule has 0 aromatic rings. The van der Waals surface area contributed by atoms with E-state index >= 15 is 0 Å². The maximum Gasteiger partial charge on any atom is 0.305 e. The number of carbonyl (C=O) groups is 1. The lowest BCUT2D eigenvalue weighted by Gasteiger charge is -2.08. The molecule has 0 saturated carbocycles. The first-order chi connectivity index (χ1) is 19.3. The van der Waals surface area contributed by atoms with Crippen LogP contribution in [0.1, 0.15) is 149 Å². The van der Waals surface area contributed by atoms with Crippen LogP contribution in [0.25, 0.3) is 0 Å². The number of unbranched alkanes of at least 4 members (excludes halogenated alkanes) is 18. The normalized spacial score (nSPS) is 11.3. The minimum Gasteiger partial charge on any atom is -0.463 e. The Morgan fingerprint density at radius 3 is 1.08 bits per heavy atom. The van der Waals surface area contributed by atoms with Crippen LogP contribution in [0.3, 0.4) is 0 Å². The number of rotatable bonds is 34. The molecule has 0 aromatic carbocycles. The Bertz CT molecular complexity index is 459. The molecule has 0 saturated heterocycles. The van der Waals surface area contributed by atoms with Crippen molar-refractivity contribution >= 4 is 5.97 Å².